The van der Waals surface area contributed by atoms with E-state index >= 15 is 0 Å². The zero-order valence-electron chi connectivity index (χ0n) is 10.7. The minimum Gasteiger partial charge on any atom is -0.487 e. The molecule has 0 saturated carbocycles. The Morgan fingerprint density at radius 3 is 2.45 bits per heavy atom. The molecular weight excluding hydrogens is 322 g/mol. The topological polar surface area (TPSA) is 49.8 Å². The lowest BCUT2D eigenvalue weighted by Gasteiger charge is -2.17. The summed E-state index contributed by atoms with van der Waals surface area (Å²) in [6.45, 7) is 0.369. The quantitative estimate of drug-likeness (QED) is 0.517. The monoisotopic (exact) mass is 335 g/mol. The number of hydrogen-bond donors (Lipinski definition) is 1. The van der Waals surface area contributed by atoms with Crippen molar-refractivity contribution >= 4 is 27.5 Å². The van der Waals surface area contributed by atoms with Gasteiger partial charge in [-0.3, -0.25) is 10.0 Å². The maximum absolute atomic E-state index is 11.5. The van der Waals surface area contributed by atoms with E-state index in [1.807, 2.05) is 30.3 Å². The highest BCUT2D eigenvalue weighted by Gasteiger charge is 2.16. The van der Waals surface area contributed by atoms with Gasteiger partial charge >= 0.3 is 0 Å². The molecule has 2 aromatic rings. The van der Waals surface area contributed by atoms with E-state index in [4.69, 9.17) is 4.74 Å². The summed E-state index contributed by atoms with van der Waals surface area (Å²) < 4.78 is 5.67. The molecule has 5 heteroatoms. The predicted molar refractivity (Wildman–Crippen MR) is 80.3 cm³/mol. The molecule has 0 atom stereocenters. The SMILES string of the molecule is O=C(CBr)N(O)c1ccccc1OCc1ccccc1. The van der Waals surface area contributed by atoms with Crippen molar-refractivity contribution in [2.45, 2.75) is 6.61 Å². The molecule has 0 aliphatic carbocycles. The highest BCUT2D eigenvalue weighted by atomic mass is 79.9. The first kappa shape index (κ1) is 14.6. The summed E-state index contributed by atoms with van der Waals surface area (Å²) >= 11 is 3.02. The summed E-state index contributed by atoms with van der Waals surface area (Å²) in [7, 11) is 0. The molecule has 0 bridgehead atoms. The molecule has 0 aliphatic rings. The fourth-order valence-electron chi connectivity index (χ4n) is 1.68. The molecule has 1 amide bonds. The average molecular weight is 336 g/mol. The molecule has 0 spiro atoms. The molecule has 0 saturated heterocycles. The van der Waals surface area contributed by atoms with Crippen LogP contribution in [0.4, 0.5) is 5.69 Å². The Kier molecular flexibility index (Phi) is 5.15. The number of nitrogens with zero attached hydrogens (tertiary/aromatic N) is 1. The van der Waals surface area contributed by atoms with E-state index in [0.717, 1.165) is 5.56 Å². The van der Waals surface area contributed by atoms with Crippen LogP contribution in [0.15, 0.2) is 54.6 Å². The first-order valence-corrected chi connectivity index (χ1v) is 7.18. The van der Waals surface area contributed by atoms with Crippen LogP contribution in [0, 0.1) is 0 Å². The van der Waals surface area contributed by atoms with Crippen molar-refractivity contribution in [3.63, 3.8) is 0 Å². The zero-order valence-corrected chi connectivity index (χ0v) is 12.3. The van der Waals surface area contributed by atoms with Crippen LogP contribution in [0.25, 0.3) is 0 Å². The lowest BCUT2D eigenvalue weighted by Crippen LogP contribution is -2.28. The number of amides is 1. The summed E-state index contributed by atoms with van der Waals surface area (Å²) in [5.41, 5.74) is 1.34. The third-order valence-corrected chi connectivity index (χ3v) is 3.16. The number of halogens is 1. The van der Waals surface area contributed by atoms with Crippen LogP contribution in [-0.4, -0.2) is 16.4 Å². The van der Waals surface area contributed by atoms with Crippen LogP contribution in [-0.2, 0) is 11.4 Å². The molecular formula is C15H14BrNO3. The number of hydroxylamine groups is 1. The second kappa shape index (κ2) is 7.07. The van der Waals surface area contributed by atoms with Crippen molar-refractivity contribution < 1.29 is 14.7 Å². The molecule has 104 valence electrons. The Balaban J connectivity index is 2.14. The van der Waals surface area contributed by atoms with Gasteiger partial charge in [0, 0.05) is 0 Å². The van der Waals surface area contributed by atoms with Crippen molar-refractivity contribution in [1.82, 2.24) is 0 Å². The highest BCUT2D eigenvalue weighted by Crippen LogP contribution is 2.28. The second-order valence-electron chi connectivity index (χ2n) is 4.08. The Bertz CT molecular complexity index is 574. The Morgan fingerprint density at radius 1 is 1.10 bits per heavy atom. The number of benzene rings is 2. The minimum atomic E-state index is -0.458. The summed E-state index contributed by atoms with van der Waals surface area (Å²) in [6.07, 6.45) is 0. The molecule has 1 N–H and O–H groups in total. The Labute approximate surface area is 125 Å². The second-order valence-corrected chi connectivity index (χ2v) is 4.64. The van der Waals surface area contributed by atoms with E-state index in [2.05, 4.69) is 15.9 Å². The van der Waals surface area contributed by atoms with Crippen molar-refractivity contribution in [3.05, 3.63) is 60.2 Å². The van der Waals surface area contributed by atoms with Gasteiger partial charge in [0.1, 0.15) is 18.0 Å². The number of carbonyl (C=O) groups is 1. The molecule has 0 unspecified atom stereocenters. The van der Waals surface area contributed by atoms with Gasteiger partial charge in [-0.25, -0.2) is 0 Å². The van der Waals surface area contributed by atoms with E-state index in [9.17, 15) is 10.0 Å². The normalized spacial score (nSPS) is 10.1. The van der Waals surface area contributed by atoms with Crippen LogP contribution in [0.1, 0.15) is 5.56 Å². The highest BCUT2D eigenvalue weighted by molar-refractivity contribution is 9.09. The zero-order chi connectivity index (χ0) is 14.4. The van der Waals surface area contributed by atoms with Crippen molar-refractivity contribution in [1.29, 1.82) is 0 Å². The fourth-order valence-corrected chi connectivity index (χ4v) is 1.92. The number of anilines is 1. The number of para-hydroxylation sites is 2. The van der Waals surface area contributed by atoms with E-state index in [1.165, 1.54) is 0 Å². The molecule has 4 nitrogen and oxygen atoms in total. The molecule has 0 aromatic heterocycles. The van der Waals surface area contributed by atoms with Gasteiger partial charge in [-0.15, -0.1) is 0 Å². The lowest BCUT2D eigenvalue weighted by atomic mass is 10.2. The summed E-state index contributed by atoms with van der Waals surface area (Å²) in [6, 6.07) is 16.5. The first-order valence-electron chi connectivity index (χ1n) is 6.06. The summed E-state index contributed by atoms with van der Waals surface area (Å²) in [5.74, 6) is -0.00564. The average Bonchev–Trinajstić information content (AvgIpc) is 2.52. The molecule has 2 aromatic carbocycles. The van der Waals surface area contributed by atoms with Gasteiger partial charge in [0.25, 0.3) is 5.91 Å². The maximum atomic E-state index is 11.5. The number of rotatable bonds is 5. The van der Waals surface area contributed by atoms with Crippen LogP contribution in [0.5, 0.6) is 5.75 Å². The smallest absolute Gasteiger partial charge is 0.261 e. The van der Waals surface area contributed by atoms with Crippen molar-refractivity contribution in [2.24, 2.45) is 0 Å². The summed E-state index contributed by atoms with van der Waals surface area (Å²) in [5, 5.41) is 10.5. The summed E-state index contributed by atoms with van der Waals surface area (Å²) in [4.78, 5) is 11.5. The van der Waals surface area contributed by atoms with Crippen molar-refractivity contribution in [3.8, 4) is 5.75 Å². The number of carbonyl (C=O) groups excluding carboxylic acids is 1. The van der Waals surface area contributed by atoms with Crippen molar-refractivity contribution in [2.75, 3.05) is 10.4 Å². The molecule has 2 rings (SSSR count). The number of ether oxygens (including phenoxy) is 1. The number of hydrogen-bond acceptors (Lipinski definition) is 3. The van der Waals surface area contributed by atoms with Crippen LogP contribution >= 0.6 is 15.9 Å². The Morgan fingerprint density at radius 2 is 1.75 bits per heavy atom. The standard InChI is InChI=1S/C15H14BrNO3/c16-10-15(18)17(19)13-8-4-5-9-14(13)20-11-12-6-2-1-3-7-12/h1-9,19H,10-11H2. The molecule has 20 heavy (non-hydrogen) atoms. The van der Waals surface area contributed by atoms with Crippen LogP contribution < -0.4 is 9.80 Å². The first-order chi connectivity index (χ1) is 9.72. The Hall–Kier alpha value is -1.85. The molecule has 0 fully saturated rings. The van der Waals surface area contributed by atoms with E-state index < -0.39 is 5.91 Å². The van der Waals surface area contributed by atoms with E-state index in [0.29, 0.717) is 23.1 Å². The van der Waals surface area contributed by atoms with Crippen LogP contribution in [0.2, 0.25) is 0 Å². The lowest BCUT2D eigenvalue weighted by molar-refractivity contribution is -0.121. The largest absolute Gasteiger partial charge is 0.487 e. The van der Waals surface area contributed by atoms with Gasteiger partial charge in [-0.2, -0.15) is 5.06 Å². The molecule has 0 radical (unpaired) electrons. The van der Waals surface area contributed by atoms with Crippen LogP contribution in [0.3, 0.4) is 0 Å². The maximum Gasteiger partial charge on any atom is 0.261 e. The predicted octanol–water partition coefficient (Wildman–Crippen LogP) is 3.38. The molecule has 0 aliphatic heterocycles. The van der Waals surface area contributed by atoms with Gasteiger partial charge in [0.2, 0.25) is 0 Å². The third-order valence-electron chi connectivity index (χ3n) is 2.68. The van der Waals surface area contributed by atoms with Gasteiger partial charge in [-0.1, -0.05) is 58.4 Å². The third kappa shape index (κ3) is 3.59. The molecule has 0 heterocycles. The number of alkyl halides is 1. The van der Waals surface area contributed by atoms with Gasteiger partial charge in [0.05, 0.1) is 5.33 Å². The van der Waals surface area contributed by atoms with E-state index in [1.54, 1.807) is 24.3 Å². The fraction of sp³-hybridized carbons (Fsp3) is 0.133. The van der Waals surface area contributed by atoms with Gasteiger partial charge < -0.3 is 4.74 Å². The minimum absolute atomic E-state index is 0.0382. The van der Waals surface area contributed by atoms with Gasteiger partial charge in [-0.05, 0) is 17.7 Å². The van der Waals surface area contributed by atoms with E-state index in [-0.39, 0.29) is 5.33 Å². The van der Waals surface area contributed by atoms with Gasteiger partial charge in [0.15, 0.2) is 0 Å².